The summed E-state index contributed by atoms with van der Waals surface area (Å²) in [5.74, 6) is -0.918. The fraction of sp³-hybridized carbons (Fsp3) is 0.562. The second-order valence-corrected chi connectivity index (χ2v) is 8.35. The fourth-order valence-corrected chi connectivity index (χ4v) is 3.74. The van der Waals surface area contributed by atoms with Crippen molar-refractivity contribution < 1.29 is 22.3 Å². The molecule has 2 atom stereocenters. The van der Waals surface area contributed by atoms with Crippen molar-refractivity contribution in [1.29, 1.82) is 0 Å². The molecule has 1 aromatic carbocycles. The van der Waals surface area contributed by atoms with Gasteiger partial charge in [-0.3, -0.25) is 4.79 Å². The maximum Gasteiger partial charge on any atom is 0.220 e. The highest BCUT2D eigenvalue weighted by molar-refractivity contribution is 7.89. The number of hydrogen-bond donors (Lipinski definition) is 1. The zero-order valence-electron chi connectivity index (χ0n) is 13.9. The lowest BCUT2D eigenvalue weighted by molar-refractivity contribution is -0.122. The van der Waals surface area contributed by atoms with Gasteiger partial charge < -0.3 is 10.1 Å². The van der Waals surface area contributed by atoms with Gasteiger partial charge in [0.05, 0.1) is 25.0 Å². The smallest absolute Gasteiger partial charge is 0.220 e. The summed E-state index contributed by atoms with van der Waals surface area (Å²) in [6.45, 7) is 0.588. The molecule has 0 aliphatic carbocycles. The van der Waals surface area contributed by atoms with Crippen LogP contribution in [-0.2, 0) is 26.0 Å². The second kappa shape index (κ2) is 8.04. The Bertz CT molecular complexity index is 678. The number of carbonyl (C=O) groups excluding carboxylic acids is 1. The van der Waals surface area contributed by atoms with Crippen molar-refractivity contribution in [3.8, 4) is 0 Å². The number of sulfonamides is 1. The van der Waals surface area contributed by atoms with Crippen molar-refractivity contribution in [2.24, 2.45) is 5.92 Å². The highest BCUT2D eigenvalue weighted by atomic mass is 32.2. The van der Waals surface area contributed by atoms with Gasteiger partial charge in [-0.15, -0.1) is 0 Å². The predicted octanol–water partition coefficient (Wildman–Crippen LogP) is 0.781. The number of benzene rings is 1. The molecule has 134 valence electrons. The van der Waals surface area contributed by atoms with Crippen molar-refractivity contribution in [3.63, 3.8) is 0 Å². The highest BCUT2D eigenvalue weighted by Gasteiger charge is 2.34. The van der Waals surface area contributed by atoms with Crippen LogP contribution >= 0.6 is 0 Å². The SMILES string of the molecule is CN(C)S(=O)(=O)C[C@@H]1COC[C@H]1NC(=O)CCc1ccccc1F. The van der Waals surface area contributed by atoms with Crippen molar-refractivity contribution in [1.82, 2.24) is 9.62 Å². The van der Waals surface area contributed by atoms with Gasteiger partial charge in [-0.1, -0.05) is 18.2 Å². The Morgan fingerprint density at radius 3 is 2.71 bits per heavy atom. The van der Waals surface area contributed by atoms with E-state index in [1.165, 1.54) is 24.5 Å². The van der Waals surface area contributed by atoms with Gasteiger partial charge in [-0.25, -0.2) is 17.1 Å². The van der Waals surface area contributed by atoms with E-state index in [0.29, 0.717) is 25.2 Å². The van der Waals surface area contributed by atoms with E-state index in [0.717, 1.165) is 0 Å². The number of aryl methyl sites for hydroxylation is 1. The maximum absolute atomic E-state index is 13.5. The molecule has 0 bridgehead atoms. The topological polar surface area (TPSA) is 75.7 Å². The molecule has 1 fully saturated rings. The Morgan fingerprint density at radius 2 is 2.04 bits per heavy atom. The molecule has 1 heterocycles. The molecule has 1 amide bonds. The minimum atomic E-state index is -3.36. The first-order valence-electron chi connectivity index (χ1n) is 7.80. The van der Waals surface area contributed by atoms with Crippen LogP contribution in [0.25, 0.3) is 0 Å². The lowest BCUT2D eigenvalue weighted by Crippen LogP contribution is -2.43. The summed E-state index contributed by atoms with van der Waals surface area (Å²) in [6.07, 6.45) is 0.442. The Labute approximate surface area is 142 Å². The Balaban J connectivity index is 1.87. The van der Waals surface area contributed by atoms with E-state index < -0.39 is 10.0 Å². The lowest BCUT2D eigenvalue weighted by atomic mass is 10.1. The van der Waals surface area contributed by atoms with Gasteiger partial charge in [-0.2, -0.15) is 0 Å². The van der Waals surface area contributed by atoms with Crippen LogP contribution in [-0.4, -0.2) is 57.7 Å². The summed E-state index contributed by atoms with van der Waals surface area (Å²) >= 11 is 0. The molecule has 1 aliphatic heterocycles. The van der Waals surface area contributed by atoms with Crippen LogP contribution in [0, 0.1) is 11.7 Å². The second-order valence-electron chi connectivity index (χ2n) is 6.12. The third kappa shape index (κ3) is 4.99. The summed E-state index contributed by atoms with van der Waals surface area (Å²) in [5, 5.41) is 2.81. The average Bonchev–Trinajstić information content (AvgIpc) is 2.92. The molecule has 0 spiro atoms. The van der Waals surface area contributed by atoms with Crippen LogP contribution in [0.4, 0.5) is 4.39 Å². The first kappa shape index (κ1) is 18.8. The molecular formula is C16H23FN2O4S. The Morgan fingerprint density at radius 1 is 1.33 bits per heavy atom. The fourth-order valence-electron chi connectivity index (χ4n) is 2.57. The van der Waals surface area contributed by atoms with Crippen LogP contribution in [0.15, 0.2) is 24.3 Å². The van der Waals surface area contributed by atoms with Crippen molar-refractivity contribution in [2.75, 3.05) is 33.1 Å². The molecule has 24 heavy (non-hydrogen) atoms. The zero-order chi connectivity index (χ0) is 17.7. The third-order valence-corrected chi connectivity index (χ3v) is 6.07. The quantitative estimate of drug-likeness (QED) is 0.782. The molecule has 0 unspecified atom stereocenters. The number of hydrogen-bond acceptors (Lipinski definition) is 4. The molecule has 0 saturated carbocycles. The summed E-state index contributed by atoms with van der Waals surface area (Å²) in [6, 6.07) is 6.00. The lowest BCUT2D eigenvalue weighted by Gasteiger charge is -2.21. The van der Waals surface area contributed by atoms with Gasteiger partial charge >= 0.3 is 0 Å². The Kier molecular flexibility index (Phi) is 6.31. The minimum Gasteiger partial charge on any atom is -0.379 e. The number of nitrogens with one attached hydrogen (secondary N) is 1. The molecule has 0 aromatic heterocycles. The standard InChI is InChI=1S/C16H23FN2O4S/c1-19(2)24(21,22)11-13-9-23-10-15(13)18-16(20)8-7-12-5-3-4-6-14(12)17/h3-6,13,15H,7-11H2,1-2H3,(H,18,20)/t13-,15+/m0/s1. The first-order valence-corrected chi connectivity index (χ1v) is 9.41. The normalized spacial score (nSPS) is 21.2. The maximum atomic E-state index is 13.5. The number of ether oxygens (including phenoxy) is 1. The number of rotatable bonds is 7. The number of nitrogens with zero attached hydrogens (tertiary/aromatic N) is 1. The van der Waals surface area contributed by atoms with Crippen molar-refractivity contribution >= 4 is 15.9 Å². The summed E-state index contributed by atoms with van der Waals surface area (Å²) in [5.41, 5.74) is 0.488. The van der Waals surface area contributed by atoms with E-state index in [1.807, 2.05) is 0 Å². The summed E-state index contributed by atoms with van der Waals surface area (Å²) in [4.78, 5) is 12.1. The van der Waals surface area contributed by atoms with E-state index in [9.17, 15) is 17.6 Å². The van der Waals surface area contributed by atoms with Gasteiger partial charge in [0.2, 0.25) is 15.9 Å². The Hall–Kier alpha value is -1.51. The molecule has 1 N–H and O–H groups in total. The van der Waals surface area contributed by atoms with E-state index >= 15 is 0 Å². The van der Waals surface area contributed by atoms with E-state index in [-0.39, 0.29) is 35.9 Å². The van der Waals surface area contributed by atoms with Crippen LogP contribution in [0.1, 0.15) is 12.0 Å². The van der Waals surface area contributed by atoms with Crippen LogP contribution in [0.3, 0.4) is 0 Å². The van der Waals surface area contributed by atoms with Gasteiger partial charge in [0.25, 0.3) is 0 Å². The van der Waals surface area contributed by atoms with Crippen molar-refractivity contribution in [2.45, 2.75) is 18.9 Å². The largest absolute Gasteiger partial charge is 0.379 e. The third-order valence-electron chi connectivity index (χ3n) is 4.11. The summed E-state index contributed by atoms with van der Waals surface area (Å²) < 4.78 is 44.0. The number of carbonyl (C=O) groups is 1. The summed E-state index contributed by atoms with van der Waals surface area (Å²) in [7, 11) is -0.400. The molecule has 6 nitrogen and oxygen atoms in total. The molecular weight excluding hydrogens is 335 g/mol. The predicted molar refractivity (Wildman–Crippen MR) is 88.4 cm³/mol. The number of amides is 1. The monoisotopic (exact) mass is 358 g/mol. The molecule has 1 aromatic rings. The van der Waals surface area contributed by atoms with Gasteiger partial charge in [0, 0.05) is 26.4 Å². The molecule has 0 radical (unpaired) electrons. The van der Waals surface area contributed by atoms with E-state index in [2.05, 4.69) is 5.32 Å². The number of halogens is 1. The highest BCUT2D eigenvalue weighted by Crippen LogP contribution is 2.17. The van der Waals surface area contributed by atoms with Crippen LogP contribution in [0.5, 0.6) is 0 Å². The molecule has 1 aliphatic rings. The first-order chi connectivity index (χ1) is 11.3. The van der Waals surface area contributed by atoms with Crippen LogP contribution < -0.4 is 5.32 Å². The van der Waals surface area contributed by atoms with Gasteiger partial charge in [0.1, 0.15) is 5.82 Å². The molecule has 8 heteroatoms. The van der Waals surface area contributed by atoms with Crippen molar-refractivity contribution in [3.05, 3.63) is 35.6 Å². The van der Waals surface area contributed by atoms with Gasteiger partial charge in [-0.05, 0) is 18.1 Å². The molecule has 1 saturated heterocycles. The average molecular weight is 358 g/mol. The van der Waals surface area contributed by atoms with E-state index in [1.54, 1.807) is 18.2 Å². The van der Waals surface area contributed by atoms with E-state index in [4.69, 9.17) is 4.74 Å². The minimum absolute atomic E-state index is 0.0712. The van der Waals surface area contributed by atoms with Crippen LogP contribution in [0.2, 0.25) is 0 Å². The molecule has 2 rings (SSSR count). The zero-order valence-corrected chi connectivity index (χ0v) is 14.7. The van der Waals surface area contributed by atoms with Gasteiger partial charge in [0.15, 0.2) is 0 Å².